The fourth-order valence-corrected chi connectivity index (χ4v) is 4.28. The summed E-state index contributed by atoms with van der Waals surface area (Å²) in [6, 6.07) is 9.67. The summed E-state index contributed by atoms with van der Waals surface area (Å²) in [4.78, 5) is 22.1. The maximum atomic E-state index is 11.5. The molecule has 2 heterocycles. The lowest BCUT2D eigenvalue weighted by Crippen LogP contribution is -2.07. The van der Waals surface area contributed by atoms with E-state index in [4.69, 9.17) is 9.47 Å². The summed E-state index contributed by atoms with van der Waals surface area (Å²) in [5.74, 6) is 0.881. The van der Waals surface area contributed by atoms with Crippen molar-refractivity contribution >= 4 is 34.9 Å². The average molecular weight is 446 g/mol. The lowest BCUT2D eigenvalue weighted by atomic mass is 10.1. The highest BCUT2D eigenvalue weighted by Gasteiger charge is 2.18. The molecule has 0 spiro atoms. The van der Waals surface area contributed by atoms with Gasteiger partial charge in [-0.05, 0) is 43.4 Å². The molecule has 9 heteroatoms. The maximum absolute atomic E-state index is 11.5. The molecule has 7 nitrogen and oxygen atoms in total. The highest BCUT2D eigenvalue weighted by atomic mass is 32.2. The smallest absolute Gasteiger partial charge is 0.349 e. The van der Waals surface area contributed by atoms with Crippen LogP contribution in [0.2, 0.25) is 0 Å². The van der Waals surface area contributed by atoms with Crippen molar-refractivity contribution < 1.29 is 19.4 Å². The number of thioether (sulfide) groups is 1. The quantitative estimate of drug-likeness (QED) is 0.434. The second-order valence-corrected chi connectivity index (χ2v) is 8.12. The number of carboxylic acid groups (broad SMARTS) is 1. The molecular weight excluding hydrogens is 422 g/mol. The van der Waals surface area contributed by atoms with Crippen molar-refractivity contribution in [2.75, 3.05) is 31.8 Å². The summed E-state index contributed by atoms with van der Waals surface area (Å²) in [7, 11) is 1.67. The minimum atomic E-state index is -1.01. The Morgan fingerprint density at radius 2 is 2.07 bits per heavy atom. The predicted octanol–water partition coefficient (Wildman–Crippen LogP) is 4.69. The standard InChI is InChI=1S/C21H23N3O4S2/c1-4-28-17-11-18(30-20(17)21(25)26)15-10-19(24-12-23-15)22-8-7-13-9-14(29-3)5-6-16(13)27-2/h5-6,9-12H,4,7-8H2,1-3H3,(H,25,26)(H,22,23,24). The first-order valence-electron chi connectivity index (χ1n) is 9.32. The Bertz CT molecular complexity index is 1020. The van der Waals surface area contributed by atoms with E-state index < -0.39 is 5.97 Å². The molecule has 158 valence electrons. The lowest BCUT2D eigenvalue weighted by molar-refractivity contribution is 0.0698. The fourth-order valence-electron chi connectivity index (χ4n) is 2.90. The zero-order chi connectivity index (χ0) is 21.5. The van der Waals surface area contributed by atoms with E-state index in [1.165, 1.54) is 11.2 Å². The normalized spacial score (nSPS) is 10.6. The van der Waals surface area contributed by atoms with Crippen LogP contribution in [-0.2, 0) is 6.42 Å². The number of aromatic carboxylic acids is 1. The molecule has 0 saturated heterocycles. The number of rotatable bonds is 10. The van der Waals surface area contributed by atoms with Crippen molar-refractivity contribution in [3.05, 3.63) is 47.1 Å². The van der Waals surface area contributed by atoms with Gasteiger partial charge in [0.25, 0.3) is 0 Å². The van der Waals surface area contributed by atoms with Gasteiger partial charge in [-0.1, -0.05) is 0 Å². The van der Waals surface area contributed by atoms with Gasteiger partial charge in [0.1, 0.15) is 23.6 Å². The van der Waals surface area contributed by atoms with E-state index in [0.717, 1.165) is 33.9 Å². The van der Waals surface area contributed by atoms with Crippen molar-refractivity contribution in [3.63, 3.8) is 0 Å². The molecule has 0 radical (unpaired) electrons. The summed E-state index contributed by atoms with van der Waals surface area (Å²) in [6.45, 7) is 2.88. The first kappa shape index (κ1) is 21.9. The molecule has 0 saturated carbocycles. The molecule has 2 N–H and O–H groups in total. The Morgan fingerprint density at radius 1 is 1.23 bits per heavy atom. The zero-order valence-electron chi connectivity index (χ0n) is 17.0. The minimum Gasteiger partial charge on any atom is -0.496 e. The van der Waals surface area contributed by atoms with Crippen molar-refractivity contribution in [2.45, 2.75) is 18.2 Å². The van der Waals surface area contributed by atoms with Crippen LogP contribution in [0, 0.1) is 0 Å². The highest BCUT2D eigenvalue weighted by molar-refractivity contribution is 7.98. The van der Waals surface area contributed by atoms with Crippen molar-refractivity contribution in [3.8, 4) is 22.1 Å². The molecule has 0 aliphatic carbocycles. The number of hydrogen-bond acceptors (Lipinski definition) is 8. The Hall–Kier alpha value is -2.78. The molecule has 1 aromatic carbocycles. The third-order valence-electron chi connectivity index (χ3n) is 4.30. The number of carboxylic acids is 1. The minimum absolute atomic E-state index is 0.167. The average Bonchev–Trinajstić information content (AvgIpc) is 3.18. The van der Waals surface area contributed by atoms with Gasteiger partial charge < -0.3 is 19.9 Å². The first-order chi connectivity index (χ1) is 14.5. The summed E-state index contributed by atoms with van der Waals surface area (Å²) in [5.41, 5.74) is 1.77. The van der Waals surface area contributed by atoms with Gasteiger partial charge in [-0.2, -0.15) is 0 Å². The molecule has 0 unspecified atom stereocenters. The summed E-state index contributed by atoms with van der Waals surface area (Å²) < 4.78 is 10.9. The van der Waals surface area contributed by atoms with Gasteiger partial charge in [-0.3, -0.25) is 0 Å². The van der Waals surface area contributed by atoms with Crippen LogP contribution in [-0.4, -0.2) is 47.6 Å². The number of anilines is 1. The molecule has 3 rings (SSSR count). The fraction of sp³-hybridized carbons (Fsp3) is 0.286. The second-order valence-electron chi connectivity index (χ2n) is 6.19. The van der Waals surface area contributed by atoms with E-state index in [-0.39, 0.29) is 4.88 Å². The van der Waals surface area contributed by atoms with Crippen LogP contribution in [0.15, 0.2) is 41.6 Å². The van der Waals surface area contributed by atoms with Crippen LogP contribution >= 0.6 is 23.1 Å². The van der Waals surface area contributed by atoms with Crippen LogP contribution in [0.1, 0.15) is 22.2 Å². The third kappa shape index (κ3) is 5.22. The summed E-state index contributed by atoms with van der Waals surface area (Å²) in [5, 5.41) is 12.7. The molecule has 0 bridgehead atoms. The largest absolute Gasteiger partial charge is 0.496 e. The summed E-state index contributed by atoms with van der Waals surface area (Å²) >= 11 is 2.83. The van der Waals surface area contributed by atoms with Crippen molar-refractivity contribution in [1.29, 1.82) is 0 Å². The first-order valence-corrected chi connectivity index (χ1v) is 11.4. The van der Waals surface area contributed by atoms with Crippen molar-refractivity contribution in [1.82, 2.24) is 9.97 Å². The molecule has 2 aromatic heterocycles. The van der Waals surface area contributed by atoms with Gasteiger partial charge in [0, 0.05) is 23.6 Å². The number of aromatic nitrogens is 2. The van der Waals surface area contributed by atoms with Crippen molar-refractivity contribution in [2.24, 2.45) is 0 Å². The van der Waals surface area contributed by atoms with Gasteiger partial charge in [-0.25, -0.2) is 14.8 Å². The SMILES string of the molecule is CCOc1cc(-c2cc(NCCc3cc(SC)ccc3OC)ncn2)sc1C(=O)O. The van der Waals surface area contributed by atoms with E-state index in [1.54, 1.807) is 24.9 Å². The molecule has 0 amide bonds. The maximum Gasteiger partial charge on any atom is 0.349 e. The Morgan fingerprint density at radius 3 is 2.77 bits per heavy atom. The second kappa shape index (κ2) is 10.3. The Labute approximate surface area is 183 Å². The van der Waals surface area contributed by atoms with Crippen LogP contribution in [0.25, 0.3) is 10.6 Å². The van der Waals surface area contributed by atoms with E-state index in [0.29, 0.717) is 30.4 Å². The predicted molar refractivity (Wildman–Crippen MR) is 120 cm³/mol. The monoisotopic (exact) mass is 445 g/mol. The van der Waals surface area contributed by atoms with E-state index in [2.05, 4.69) is 21.4 Å². The van der Waals surface area contributed by atoms with Gasteiger partial charge in [0.2, 0.25) is 0 Å². The number of carbonyl (C=O) groups is 1. The van der Waals surface area contributed by atoms with Gasteiger partial charge in [-0.15, -0.1) is 23.1 Å². The molecule has 0 fully saturated rings. The molecule has 0 atom stereocenters. The van der Waals surface area contributed by atoms with Crippen LogP contribution < -0.4 is 14.8 Å². The number of benzene rings is 1. The molecule has 0 aliphatic rings. The Kier molecular flexibility index (Phi) is 7.53. The van der Waals surface area contributed by atoms with Crippen LogP contribution in [0.5, 0.6) is 11.5 Å². The van der Waals surface area contributed by atoms with Crippen LogP contribution in [0.3, 0.4) is 0 Å². The van der Waals surface area contributed by atoms with E-state index in [9.17, 15) is 9.90 Å². The number of thiophene rings is 1. The van der Waals surface area contributed by atoms with E-state index >= 15 is 0 Å². The lowest BCUT2D eigenvalue weighted by Gasteiger charge is -2.11. The number of nitrogens with zero attached hydrogens (tertiary/aromatic N) is 2. The van der Waals surface area contributed by atoms with Gasteiger partial charge >= 0.3 is 5.97 Å². The van der Waals surface area contributed by atoms with Gasteiger partial charge in [0.15, 0.2) is 4.88 Å². The highest BCUT2D eigenvalue weighted by Crippen LogP contribution is 2.36. The molecule has 0 aliphatic heterocycles. The molecular formula is C21H23N3O4S2. The topological polar surface area (TPSA) is 93.6 Å². The zero-order valence-corrected chi connectivity index (χ0v) is 18.6. The number of nitrogens with one attached hydrogen (secondary N) is 1. The van der Waals surface area contributed by atoms with E-state index in [1.807, 2.05) is 31.4 Å². The molecule has 3 aromatic rings. The number of methoxy groups -OCH3 is 1. The Balaban J connectivity index is 1.72. The molecule has 30 heavy (non-hydrogen) atoms. The van der Waals surface area contributed by atoms with Gasteiger partial charge in [0.05, 0.1) is 24.3 Å². The van der Waals surface area contributed by atoms with Crippen LogP contribution in [0.4, 0.5) is 5.82 Å². The third-order valence-corrected chi connectivity index (χ3v) is 6.15. The number of hydrogen-bond donors (Lipinski definition) is 2. The number of ether oxygens (including phenoxy) is 2. The summed E-state index contributed by atoms with van der Waals surface area (Å²) in [6.07, 6.45) is 4.28.